The highest BCUT2D eigenvalue weighted by atomic mass is 32.2. The van der Waals surface area contributed by atoms with Gasteiger partial charge in [0.05, 0.1) is 29.3 Å². The maximum absolute atomic E-state index is 13.8. The maximum atomic E-state index is 13.8. The SMILES string of the molecule is COc1ncc(-c2c(N)ncnc2NC(C)c2nn3ccc(C)c3c(=O)n2-c2ccccc2)cc1NS(=O)(=O)c1ccc(O)cc1. The lowest BCUT2D eigenvalue weighted by Crippen LogP contribution is -2.29. The van der Waals surface area contributed by atoms with E-state index in [1.807, 2.05) is 50.2 Å². The van der Waals surface area contributed by atoms with Crippen molar-refractivity contribution in [1.82, 2.24) is 29.1 Å². The molecule has 0 bridgehead atoms. The Morgan fingerprint density at radius 1 is 1.02 bits per heavy atom. The summed E-state index contributed by atoms with van der Waals surface area (Å²) in [5.74, 6) is 0.715. The Morgan fingerprint density at radius 2 is 1.76 bits per heavy atom. The average molecular weight is 640 g/mol. The van der Waals surface area contributed by atoms with Crippen LogP contribution in [-0.2, 0) is 10.0 Å². The van der Waals surface area contributed by atoms with Gasteiger partial charge in [0.25, 0.3) is 15.6 Å². The normalized spacial score (nSPS) is 12.2. The molecular weight excluding hydrogens is 610 g/mol. The summed E-state index contributed by atoms with van der Waals surface area (Å²) in [4.78, 5) is 26.6. The largest absolute Gasteiger partial charge is 0.508 e. The van der Waals surface area contributed by atoms with E-state index < -0.39 is 16.1 Å². The average Bonchev–Trinajstić information content (AvgIpc) is 3.42. The van der Waals surface area contributed by atoms with Crippen LogP contribution in [0, 0.1) is 6.92 Å². The van der Waals surface area contributed by atoms with Gasteiger partial charge in [0.1, 0.15) is 34.9 Å². The number of fused-ring (bicyclic) bond motifs is 1. The van der Waals surface area contributed by atoms with Crippen LogP contribution in [0.3, 0.4) is 0 Å². The Hall–Kier alpha value is -5.96. The first kappa shape index (κ1) is 30.1. The number of nitrogens with one attached hydrogen (secondary N) is 2. The fraction of sp³-hybridized carbons (Fsp3) is 0.129. The molecule has 0 radical (unpaired) electrons. The minimum atomic E-state index is -4.09. The third kappa shape index (κ3) is 5.54. The molecule has 4 heterocycles. The van der Waals surface area contributed by atoms with Gasteiger partial charge in [-0.05, 0) is 67.9 Å². The number of rotatable bonds is 9. The second-order valence-corrected chi connectivity index (χ2v) is 12.0. The van der Waals surface area contributed by atoms with Gasteiger partial charge in [-0.1, -0.05) is 18.2 Å². The lowest BCUT2D eigenvalue weighted by molar-refractivity contribution is 0.400. The van der Waals surface area contributed by atoms with Crippen molar-refractivity contribution in [2.24, 2.45) is 0 Å². The molecule has 14 nitrogen and oxygen atoms in total. The van der Waals surface area contributed by atoms with Crippen molar-refractivity contribution in [3.63, 3.8) is 0 Å². The maximum Gasteiger partial charge on any atom is 0.282 e. The fourth-order valence-electron chi connectivity index (χ4n) is 5.06. The van der Waals surface area contributed by atoms with Crippen LogP contribution in [0.1, 0.15) is 24.4 Å². The molecule has 46 heavy (non-hydrogen) atoms. The van der Waals surface area contributed by atoms with E-state index in [9.17, 15) is 18.3 Å². The zero-order valence-corrected chi connectivity index (χ0v) is 25.7. The molecular formula is C31H29N9O5S. The van der Waals surface area contributed by atoms with E-state index in [4.69, 9.17) is 15.6 Å². The predicted octanol–water partition coefficient (Wildman–Crippen LogP) is 3.92. The first-order valence-corrected chi connectivity index (χ1v) is 15.4. The molecule has 0 aliphatic carbocycles. The van der Waals surface area contributed by atoms with Crippen molar-refractivity contribution in [3.8, 4) is 28.4 Å². The number of nitrogens with two attached hydrogens (primary N) is 1. The molecule has 4 aromatic heterocycles. The summed E-state index contributed by atoms with van der Waals surface area (Å²) in [5.41, 5.74) is 8.75. The molecule has 6 rings (SSSR count). The number of aromatic hydroxyl groups is 1. The van der Waals surface area contributed by atoms with Crippen molar-refractivity contribution in [3.05, 3.63) is 107 Å². The van der Waals surface area contributed by atoms with Gasteiger partial charge in [-0.2, -0.15) is 5.10 Å². The predicted molar refractivity (Wildman–Crippen MR) is 173 cm³/mol. The van der Waals surface area contributed by atoms with Crippen LogP contribution in [0.4, 0.5) is 17.3 Å². The number of hydrogen-bond acceptors (Lipinski definition) is 11. The molecule has 1 unspecified atom stereocenters. The van der Waals surface area contributed by atoms with Gasteiger partial charge < -0.3 is 20.9 Å². The van der Waals surface area contributed by atoms with Gasteiger partial charge >= 0.3 is 0 Å². The number of nitrogens with zero attached hydrogens (tertiary/aromatic N) is 6. The van der Waals surface area contributed by atoms with E-state index in [2.05, 4.69) is 25.0 Å². The number of anilines is 3. The van der Waals surface area contributed by atoms with Gasteiger partial charge in [-0.25, -0.2) is 27.9 Å². The molecule has 0 fully saturated rings. The number of phenols is 1. The number of ether oxygens (including phenoxy) is 1. The van der Waals surface area contributed by atoms with Gasteiger partial charge in [0.15, 0.2) is 5.82 Å². The zero-order chi connectivity index (χ0) is 32.6. The summed E-state index contributed by atoms with van der Waals surface area (Å²) in [5, 5.41) is 17.7. The van der Waals surface area contributed by atoms with E-state index >= 15 is 0 Å². The van der Waals surface area contributed by atoms with Gasteiger partial charge in [0.2, 0.25) is 5.88 Å². The molecule has 2 aromatic carbocycles. The van der Waals surface area contributed by atoms with Crippen molar-refractivity contribution in [1.29, 1.82) is 0 Å². The molecule has 0 aliphatic heterocycles. The Morgan fingerprint density at radius 3 is 2.48 bits per heavy atom. The number of aryl methyl sites for hydroxylation is 1. The summed E-state index contributed by atoms with van der Waals surface area (Å²) in [6, 6.07) is 17.0. The zero-order valence-electron chi connectivity index (χ0n) is 24.9. The standard InChI is InChI=1S/C31H29N9O5S/c1-18-13-14-39-26(18)31(42)40(21-7-5-4-6-8-21)29(37-39)19(2)36-28-25(27(32)34-17-35-28)20-15-24(30(45-3)33-16-20)38-46(43,44)23-11-9-22(41)10-12-23/h4-17,19,38,41H,1-3H3,(H3,32,34,35,36). The van der Waals surface area contributed by atoms with Crippen LogP contribution < -0.4 is 26.1 Å². The fourth-order valence-corrected chi connectivity index (χ4v) is 6.10. The third-order valence-electron chi connectivity index (χ3n) is 7.27. The Labute approximate surface area is 263 Å². The number of hydrogen-bond donors (Lipinski definition) is 4. The molecule has 1 atom stereocenters. The summed E-state index contributed by atoms with van der Waals surface area (Å²) in [6.07, 6.45) is 4.47. The van der Waals surface area contributed by atoms with Gasteiger partial charge in [0, 0.05) is 18.0 Å². The molecule has 15 heteroatoms. The van der Waals surface area contributed by atoms with E-state index in [0.29, 0.717) is 28.2 Å². The van der Waals surface area contributed by atoms with Crippen LogP contribution in [-0.4, -0.2) is 49.8 Å². The van der Waals surface area contributed by atoms with Crippen molar-refractivity contribution >= 4 is 32.9 Å². The number of methoxy groups -OCH3 is 1. The first-order valence-electron chi connectivity index (χ1n) is 14.0. The number of para-hydroxylation sites is 1. The van der Waals surface area contributed by atoms with Crippen molar-refractivity contribution < 1.29 is 18.3 Å². The van der Waals surface area contributed by atoms with Crippen molar-refractivity contribution in [2.45, 2.75) is 24.8 Å². The molecule has 0 amide bonds. The monoisotopic (exact) mass is 639 g/mol. The molecule has 0 spiro atoms. The number of aromatic nitrogens is 6. The minimum Gasteiger partial charge on any atom is -0.508 e. The first-order chi connectivity index (χ1) is 22.1. The number of sulfonamides is 1. The van der Waals surface area contributed by atoms with E-state index in [-0.39, 0.29) is 39.4 Å². The second kappa shape index (κ2) is 11.9. The number of benzene rings is 2. The lowest BCUT2D eigenvalue weighted by Gasteiger charge is -2.21. The molecule has 0 saturated carbocycles. The summed E-state index contributed by atoms with van der Waals surface area (Å²) in [6.45, 7) is 3.68. The number of pyridine rings is 1. The lowest BCUT2D eigenvalue weighted by atomic mass is 10.1. The van der Waals surface area contributed by atoms with Crippen LogP contribution in [0.25, 0.3) is 22.3 Å². The van der Waals surface area contributed by atoms with Crippen LogP contribution >= 0.6 is 0 Å². The smallest absolute Gasteiger partial charge is 0.282 e. The topological polar surface area (TPSA) is 192 Å². The van der Waals surface area contributed by atoms with Crippen LogP contribution in [0.2, 0.25) is 0 Å². The highest BCUT2D eigenvalue weighted by molar-refractivity contribution is 7.92. The van der Waals surface area contributed by atoms with Crippen molar-refractivity contribution in [2.75, 3.05) is 22.9 Å². The van der Waals surface area contributed by atoms with E-state index in [0.717, 1.165) is 5.56 Å². The summed E-state index contributed by atoms with van der Waals surface area (Å²) >= 11 is 0. The Bertz CT molecular complexity index is 2240. The second-order valence-electron chi connectivity index (χ2n) is 10.4. The van der Waals surface area contributed by atoms with E-state index in [1.54, 1.807) is 15.3 Å². The highest BCUT2D eigenvalue weighted by Crippen LogP contribution is 2.36. The highest BCUT2D eigenvalue weighted by Gasteiger charge is 2.24. The summed E-state index contributed by atoms with van der Waals surface area (Å²) < 4.78 is 37.2. The van der Waals surface area contributed by atoms with Crippen LogP contribution in [0.5, 0.6) is 11.6 Å². The Balaban J connectivity index is 1.42. The molecule has 6 aromatic rings. The van der Waals surface area contributed by atoms with Gasteiger partial charge in [-0.3, -0.25) is 14.1 Å². The Kier molecular flexibility index (Phi) is 7.75. The molecule has 5 N–H and O–H groups in total. The molecule has 0 aliphatic rings. The quantitative estimate of drug-likeness (QED) is 0.179. The summed E-state index contributed by atoms with van der Waals surface area (Å²) in [7, 11) is -2.73. The molecule has 234 valence electrons. The number of nitrogen functional groups attached to an aromatic ring is 1. The van der Waals surface area contributed by atoms with Gasteiger partial charge in [-0.15, -0.1) is 0 Å². The third-order valence-corrected chi connectivity index (χ3v) is 8.65. The minimum absolute atomic E-state index is 0.01000. The molecule has 0 saturated heterocycles. The van der Waals surface area contributed by atoms with E-state index in [1.165, 1.54) is 50.0 Å². The number of phenolic OH excluding ortho intramolecular Hbond substituents is 1. The van der Waals surface area contributed by atoms with Crippen LogP contribution in [0.15, 0.2) is 95.1 Å².